The number of ether oxygens (including phenoxy) is 2. The first kappa shape index (κ1) is 10.7. The van der Waals surface area contributed by atoms with Gasteiger partial charge in [-0.1, -0.05) is 0 Å². The molecule has 0 bridgehead atoms. The smallest absolute Gasteiger partial charge is 0.142 e. The number of benzene rings is 1. The van der Waals surface area contributed by atoms with Crippen molar-refractivity contribution in [1.29, 1.82) is 0 Å². The van der Waals surface area contributed by atoms with Crippen LogP contribution < -0.4 is 16.2 Å². The van der Waals surface area contributed by atoms with Gasteiger partial charge in [0.1, 0.15) is 5.75 Å². The summed E-state index contributed by atoms with van der Waals surface area (Å²) < 4.78 is 10.3. The Morgan fingerprint density at radius 2 is 2.00 bits per heavy atom. The maximum atomic E-state index is 5.70. The van der Waals surface area contributed by atoms with E-state index in [0.717, 1.165) is 6.42 Å². The quantitative estimate of drug-likeness (QED) is 0.549. The average molecular weight is 196 g/mol. The molecule has 0 aliphatic carbocycles. The van der Waals surface area contributed by atoms with E-state index in [1.54, 1.807) is 25.3 Å². The molecule has 0 saturated heterocycles. The van der Waals surface area contributed by atoms with Crippen molar-refractivity contribution in [3.63, 3.8) is 0 Å². The molecule has 0 radical (unpaired) electrons. The third-order valence-electron chi connectivity index (χ3n) is 1.78. The molecule has 0 unspecified atom stereocenters. The van der Waals surface area contributed by atoms with Gasteiger partial charge in [-0.05, 0) is 18.2 Å². The first-order chi connectivity index (χ1) is 6.74. The van der Waals surface area contributed by atoms with Crippen LogP contribution in [0.4, 0.5) is 11.4 Å². The summed E-state index contributed by atoms with van der Waals surface area (Å²) in [4.78, 5) is 0. The molecular formula is C10H16N2O2. The van der Waals surface area contributed by atoms with Crippen LogP contribution in [0.3, 0.4) is 0 Å². The fourth-order valence-electron chi connectivity index (χ4n) is 1.08. The lowest BCUT2D eigenvalue weighted by Crippen LogP contribution is -2.03. The summed E-state index contributed by atoms with van der Waals surface area (Å²) in [6, 6.07) is 5.23. The van der Waals surface area contributed by atoms with Crippen LogP contribution in [-0.2, 0) is 4.74 Å². The van der Waals surface area contributed by atoms with E-state index in [9.17, 15) is 0 Å². The zero-order valence-electron chi connectivity index (χ0n) is 8.32. The van der Waals surface area contributed by atoms with E-state index in [4.69, 9.17) is 20.9 Å². The van der Waals surface area contributed by atoms with Gasteiger partial charge < -0.3 is 20.9 Å². The van der Waals surface area contributed by atoms with Gasteiger partial charge in [-0.15, -0.1) is 0 Å². The number of methoxy groups -OCH3 is 1. The fourth-order valence-corrected chi connectivity index (χ4v) is 1.08. The van der Waals surface area contributed by atoms with Crippen molar-refractivity contribution in [1.82, 2.24) is 0 Å². The summed E-state index contributed by atoms with van der Waals surface area (Å²) in [6.45, 7) is 1.29. The van der Waals surface area contributed by atoms with Gasteiger partial charge in [0.05, 0.1) is 12.3 Å². The van der Waals surface area contributed by atoms with Gasteiger partial charge in [-0.2, -0.15) is 0 Å². The number of nitrogen functional groups attached to an aromatic ring is 2. The van der Waals surface area contributed by atoms with E-state index < -0.39 is 0 Å². The third-order valence-corrected chi connectivity index (χ3v) is 1.78. The minimum atomic E-state index is 0.572. The molecule has 0 aliphatic rings. The van der Waals surface area contributed by atoms with Crippen LogP contribution in [0.1, 0.15) is 6.42 Å². The SMILES string of the molecule is COCCCOc1ccc(N)cc1N. The molecule has 4 nitrogen and oxygen atoms in total. The summed E-state index contributed by atoms with van der Waals surface area (Å²) in [5.41, 5.74) is 12.5. The Balaban J connectivity index is 2.42. The normalized spacial score (nSPS) is 10.1. The lowest BCUT2D eigenvalue weighted by atomic mass is 10.2. The zero-order valence-corrected chi connectivity index (χ0v) is 8.32. The van der Waals surface area contributed by atoms with Gasteiger partial charge in [0.2, 0.25) is 0 Å². The second-order valence-electron chi connectivity index (χ2n) is 2.99. The summed E-state index contributed by atoms with van der Waals surface area (Å²) in [7, 11) is 1.66. The van der Waals surface area contributed by atoms with Gasteiger partial charge in [0.25, 0.3) is 0 Å². The molecule has 1 rings (SSSR count). The summed E-state index contributed by atoms with van der Waals surface area (Å²) in [6.07, 6.45) is 0.848. The Bertz CT molecular complexity index is 289. The fraction of sp³-hybridized carbons (Fsp3) is 0.400. The Kier molecular flexibility index (Phi) is 4.07. The van der Waals surface area contributed by atoms with Crippen molar-refractivity contribution in [2.75, 3.05) is 31.8 Å². The largest absolute Gasteiger partial charge is 0.491 e. The zero-order chi connectivity index (χ0) is 10.4. The second kappa shape index (κ2) is 5.34. The maximum Gasteiger partial charge on any atom is 0.142 e. The van der Waals surface area contributed by atoms with E-state index in [0.29, 0.717) is 30.3 Å². The second-order valence-corrected chi connectivity index (χ2v) is 2.99. The lowest BCUT2D eigenvalue weighted by molar-refractivity contribution is 0.172. The monoisotopic (exact) mass is 196 g/mol. The number of hydrogen-bond donors (Lipinski definition) is 2. The number of nitrogens with two attached hydrogens (primary N) is 2. The van der Waals surface area contributed by atoms with E-state index in [2.05, 4.69) is 0 Å². The molecule has 1 aromatic rings. The van der Waals surface area contributed by atoms with Crippen molar-refractivity contribution in [2.24, 2.45) is 0 Å². The van der Waals surface area contributed by atoms with E-state index in [1.165, 1.54) is 0 Å². The molecule has 14 heavy (non-hydrogen) atoms. The summed E-state index contributed by atoms with van der Waals surface area (Å²) in [5.74, 6) is 0.676. The maximum absolute atomic E-state index is 5.70. The molecule has 78 valence electrons. The molecular weight excluding hydrogens is 180 g/mol. The van der Waals surface area contributed by atoms with Crippen LogP contribution >= 0.6 is 0 Å². The van der Waals surface area contributed by atoms with Crippen molar-refractivity contribution in [2.45, 2.75) is 6.42 Å². The highest BCUT2D eigenvalue weighted by Gasteiger charge is 1.99. The van der Waals surface area contributed by atoms with Crippen LogP contribution in [0.5, 0.6) is 5.75 Å². The van der Waals surface area contributed by atoms with Crippen LogP contribution in [-0.4, -0.2) is 20.3 Å². The molecule has 0 amide bonds. The van der Waals surface area contributed by atoms with Crippen LogP contribution in [0.25, 0.3) is 0 Å². The summed E-state index contributed by atoms with van der Waals surface area (Å²) >= 11 is 0. The van der Waals surface area contributed by atoms with Crippen molar-refractivity contribution < 1.29 is 9.47 Å². The van der Waals surface area contributed by atoms with Gasteiger partial charge in [0, 0.05) is 25.8 Å². The first-order valence-electron chi connectivity index (χ1n) is 4.51. The third kappa shape index (κ3) is 3.14. The first-order valence-corrected chi connectivity index (χ1v) is 4.51. The van der Waals surface area contributed by atoms with Gasteiger partial charge in [0.15, 0.2) is 0 Å². The van der Waals surface area contributed by atoms with Crippen LogP contribution in [0.15, 0.2) is 18.2 Å². The molecule has 0 heterocycles. The molecule has 0 spiro atoms. The van der Waals surface area contributed by atoms with Crippen LogP contribution in [0.2, 0.25) is 0 Å². The lowest BCUT2D eigenvalue weighted by Gasteiger charge is -2.08. The van der Waals surface area contributed by atoms with Gasteiger partial charge in [-0.25, -0.2) is 0 Å². The number of rotatable bonds is 5. The van der Waals surface area contributed by atoms with Crippen molar-refractivity contribution in [3.05, 3.63) is 18.2 Å². The minimum Gasteiger partial charge on any atom is -0.491 e. The number of anilines is 2. The summed E-state index contributed by atoms with van der Waals surface area (Å²) in [5, 5.41) is 0. The highest BCUT2D eigenvalue weighted by Crippen LogP contribution is 2.23. The van der Waals surface area contributed by atoms with E-state index in [-0.39, 0.29) is 0 Å². The van der Waals surface area contributed by atoms with E-state index >= 15 is 0 Å². The molecule has 4 heteroatoms. The topological polar surface area (TPSA) is 70.5 Å². The Morgan fingerprint density at radius 1 is 1.21 bits per heavy atom. The molecule has 0 saturated carbocycles. The standard InChI is InChI=1S/C10H16N2O2/c1-13-5-2-6-14-10-4-3-8(11)7-9(10)12/h3-4,7H,2,5-6,11-12H2,1H3. The molecule has 0 aliphatic heterocycles. The molecule has 4 N–H and O–H groups in total. The minimum absolute atomic E-state index is 0.572. The van der Waals surface area contributed by atoms with Crippen molar-refractivity contribution in [3.8, 4) is 5.75 Å². The molecule has 0 aromatic heterocycles. The highest BCUT2D eigenvalue weighted by atomic mass is 16.5. The highest BCUT2D eigenvalue weighted by molar-refractivity contribution is 5.60. The number of hydrogen-bond acceptors (Lipinski definition) is 4. The van der Waals surface area contributed by atoms with Gasteiger partial charge >= 0.3 is 0 Å². The predicted octanol–water partition coefficient (Wildman–Crippen LogP) is 1.27. The van der Waals surface area contributed by atoms with Crippen LogP contribution in [0, 0.1) is 0 Å². The molecule has 0 fully saturated rings. The predicted molar refractivity (Wildman–Crippen MR) is 57.3 cm³/mol. The Morgan fingerprint density at radius 3 is 2.64 bits per heavy atom. The average Bonchev–Trinajstić information content (AvgIpc) is 2.15. The molecule has 1 aromatic carbocycles. The Hall–Kier alpha value is -1.42. The Labute approximate surface area is 83.8 Å². The molecule has 0 atom stereocenters. The van der Waals surface area contributed by atoms with Gasteiger partial charge in [-0.3, -0.25) is 0 Å². The van der Waals surface area contributed by atoms with Crippen molar-refractivity contribution >= 4 is 11.4 Å². The van der Waals surface area contributed by atoms with E-state index in [1.807, 2.05) is 0 Å².